The molecule has 0 unspecified atom stereocenters. The number of rotatable bonds is 10. The van der Waals surface area contributed by atoms with E-state index in [0.29, 0.717) is 55.8 Å². The number of alkyl halides is 1. The number of ether oxygens (including phenoxy) is 1. The highest BCUT2D eigenvalue weighted by Crippen LogP contribution is 2.29. The smallest absolute Gasteiger partial charge is 0.271 e. The molecular formula is C30H43ClN8O3. The Bertz CT molecular complexity index is 1230. The molecule has 5 rings (SSSR count). The number of nitrogens with zero attached hydrogens (tertiary/aromatic N) is 6. The molecule has 228 valence electrons. The Morgan fingerprint density at radius 1 is 1.02 bits per heavy atom. The molecular weight excluding hydrogens is 556 g/mol. The number of hydrogen-bond donors (Lipinski definition) is 2. The third-order valence-corrected chi connectivity index (χ3v) is 8.79. The lowest BCUT2D eigenvalue weighted by atomic mass is 10.0. The fourth-order valence-electron chi connectivity index (χ4n) is 6.05. The zero-order chi connectivity index (χ0) is 29.6. The van der Waals surface area contributed by atoms with Crippen LogP contribution in [0, 0.1) is 0 Å². The van der Waals surface area contributed by atoms with Gasteiger partial charge >= 0.3 is 0 Å². The van der Waals surface area contributed by atoms with Gasteiger partial charge in [0.2, 0.25) is 11.8 Å². The molecule has 3 N–H and O–H groups in total. The summed E-state index contributed by atoms with van der Waals surface area (Å²) >= 11 is 5.74. The number of carbonyl (C=O) groups excluding carboxylic acids is 2. The molecule has 0 saturated carbocycles. The molecule has 4 heterocycles. The Morgan fingerprint density at radius 3 is 2.38 bits per heavy atom. The number of primary amides is 1. The molecule has 2 amide bonds. The second kappa shape index (κ2) is 13.9. The summed E-state index contributed by atoms with van der Waals surface area (Å²) in [4.78, 5) is 43.0. The van der Waals surface area contributed by atoms with Gasteiger partial charge in [0.1, 0.15) is 11.8 Å². The predicted octanol–water partition coefficient (Wildman–Crippen LogP) is 2.71. The van der Waals surface area contributed by atoms with Crippen LogP contribution in [0.5, 0.6) is 5.88 Å². The number of piperidine rings is 1. The average molecular weight is 599 g/mol. The van der Waals surface area contributed by atoms with E-state index in [1.54, 1.807) is 4.90 Å². The van der Waals surface area contributed by atoms with Gasteiger partial charge in [-0.1, -0.05) is 6.92 Å². The van der Waals surface area contributed by atoms with Crippen molar-refractivity contribution in [2.24, 2.45) is 5.73 Å². The van der Waals surface area contributed by atoms with Crippen LogP contribution in [0.25, 0.3) is 0 Å². The fraction of sp³-hybridized carbons (Fsp3) is 0.600. The number of likely N-dealkylation sites (N-methyl/N-ethyl adjacent to an activating group) is 1. The molecule has 42 heavy (non-hydrogen) atoms. The van der Waals surface area contributed by atoms with Crippen molar-refractivity contribution in [2.45, 2.75) is 51.2 Å². The van der Waals surface area contributed by atoms with Crippen molar-refractivity contribution in [1.29, 1.82) is 0 Å². The van der Waals surface area contributed by atoms with E-state index < -0.39 is 5.91 Å². The van der Waals surface area contributed by atoms with E-state index in [2.05, 4.69) is 49.2 Å². The number of benzene rings is 1. The van der Waals surface area contributed by atoms with E-state index in [9.17, 15) is 9.59 Å². The zero-order valence-electron chi connectivity index (χ0n) is 24.7. The number of nitrogens with two attached hydrogens (primary N) is 1. The van der Waals surface area contributed by atoms with Crippen LogP contribution in [-0.4, -0.2) is 114 Å². The first-order chi connectivity index (χ1) is 20.3. The Labute approximate surface area is 253 Å². The van der Waals surface area contributed by atoms with Gasteiger partial charge in [-0.3, -0.25) is 14.5 Å². The molecule has 11 nitrogen and oxygen atoms in total. The van der Waals surface area contributed by atoms with Crippen molar-refractivity contribution >= 4 is 40.6 Å². The summed E-state index contributed by atoms with van der Waals surface area (Å²) in [6.45, 7) is 9.71. The minimum absolute atomic E-state index is 0.0205. The number of likely N-dealkylation sites (tertiary alicyclic amines) is 1. The lowest BCUT2D eigenvalue weighted by Gasteiger charge is -2.42. The number of aryl methyl sites for hydroxylation is 1. The van der Waals surface area contributed by atoms with Crippen LogP contribution < -0.4 is 20.7 Å². The molecule has 1 atom stereocenters. The maximum atomic E-state index is 12.3. The predicted molar refractivity (Wildman–Crippen MR) is 165 cm³/mol. The summed E-state index contributed by atoms with van der Waals surface area (Å²) < 4.78 is 6.22. The molecule has 0 bridgehead atoms. The Morgan fingerprint density at radius 2 is 1.74 bits per heavy atom. The zero-order valence-corrected chi connectivity index (χ0v) is 25.5. The average Bonchev–Trinajstić information content (AvgIpc) is 3.47. The second-order valence-electron chi connectivity index (χ2n) is 11.4. The van der Waals surface area contributed by atoms with E-state index in [-0.39, 0.29) is 23.5 Å². The van der Waals surface area contributed by atoms with Gasteiger partial charge in [0, 0.05) is 82.0 Å². The van der Waals surface area contributed by atoms with E-state index >= 15 is 0 Å². The quantitative estimate of drug-likeness (QED) is 0.398. The van der Waals surface area contributed by atoms with Crippen LogP contribution in [0.15, 0.2) is 24.3 Å². The van der Waals surface area contributed by atoms with Crippen molar-refractivity contribution in [3.05, 3.63) is 35.7 Å². The number of carbonyl (C=O) groups is 2. The topological polar surface area (TPSA) is 120 Å². The lowest BCUT2D eigenvalue weighted by Crippen LogP contribution is -2.52. The first-order valence-corrected chi connectivity index (χ1v) is 15.6. The van der Waals surface area contributed by atoms with Crippen molar-refractivity contribution in [2.75, 3.05) is 75.5 Å². The van der Waals surface area contributed by atoms with Gasteiger partial charge < -0.3 is 30.5 Å². The minimum Gasteiger partial charge on any atom is -0.471 e. The van der Waals surface area contributed by atoms with E-state index in [1.807, 2.05) is 19.1 Å². The summed E-state index contributed by atoms with van der Waals surface area (Å²) in [5.74, 6) is 0.258. The summed E-state index contributed by atoms with van der Waals surface area (Å²) in [6, 6.07) is 8.83. The molecule has 1 aromatic heterocycles. The van der Waals surface area contributed by atoms with Gasteiger partial charge in [0.15, 0.2) is 11.5 Å². The van der Waals surface area contributed by atoms with Gasteiger partial charge in [-0.25, -0.2) is 4.98 Å². The maximum Gasteiger partial charge on any atom is 0.271 e. The van der Waals surface area contributed by atoms with E-state index in [4.69, 9.17) is 22.1 Å². The Kier molecular flexibility index (Phi) is 10.0. The molecule has 0 aliphatic carbocycles. The molecule has 0 radical (unpaired) electrons. The maximum absolute atomic E-state index is 12.3. The normalized spacial score (nSPS) is 20.6. The van der Waals surface area contributed by atoms with Crippen molar-refractivity contribution in [3.63, 3.8) is 0 Å². The highest BCUT2D eigenvalue weighted by Gasteiger charge is 2.30. The van der Waals surface area contributed by atoms with Crippen molar-refractivity contribution in [3.8, 4) is 5.88 Å². The highest BCUT2D eigenvalue weighted by molar-refractivity contribution is 6.18. The fourth-order valence-corrected chi connectivity index (χ4v) is 6.22. The largest absolute Gasteiger partial charge is 0.471 e. The first-order valence-electron chi connectivity index (χ1n) is 15.1. The summed E-state index contributed by atoms with van der Waals surface area (Å²) in [7, 11) is 2.20. The van der Waals surface area contributed by atoms with Crippen LogP contribution in [0.4, 0.5) is 17.2 Å². The molecule has 3 aliphatic rings. The molecule has 3 saturated heterocycles. The van der Waals surface area contributed by atoms with Gasteiger partial charge in [-0.15, -0.1) is 11.6 Å². The SMILES string of the molecule is CCc1nc(C(N)=O)c(Nc2ccc(N3CCC(N4CCN(C)CC4)CC3)cc2)nc1O[C@@H]1CCN(C(=O)CCCl)C1. The monoisotopic (exact) mass is 598 g/mol. The lowest BCUT2D eigenvalue weighted by molar-refractivity contribution is -0.130. The number of hydrogen-bond acceptors (Lipinski definition) is 9. The third kappa shape index (κ3) is 7.25. The summed E-state index contributed by atoms with van der Waals surface area (Å²) in [6.07, 6.45) is 3.65. The number of piperazine rings is 1. The number of nitrogens with one attached hydrogen (secondary N) is 1. The van der Waals surface area contributed by atoms with Gasteiger partial charge in [0.05, 0.1) is 6.54 Å². The molecule has 3 aliphatic heterocycles. The number of anilines is 3. The molecule has 12 heteroatoms. The van der Waals surface area contributed by atoms with Crippen LogP contribution >= 0.6 is 11.6 Å². The van der Waals surface area contributed by atoms with Crippen LogP contribution in [0.1, 0.15) is 48.8 Å². The van der Waals surface area contributed by atoms with Gasteiger partial charge in [0.25, 0.3) is 5.91 Å². The van der Waals surface area contributed by atoms with Crippen LogP contribution in [0.3, 0.4) is 0 Å². The molecule has 1 aromatic carbocycles. The molecule has 0 spiro atoms. The Balaban J connectivity index is 1.23. The third-order valence-electron chi connectivity index (χ3n) is 8.60. The number of amides is 2. The summed E-state index contributed by atoms with van der Waals surface area (Å²) in [5.41, 5.74) is 8.26. The van der Waals surface area contributed by atoms with Crippen LogP contribution in [0.2, 0.25) is 0 Å². The molecule has 3 fully saturated rings. The first kappa shape index (κ1) is 30.3. The van der Waals surface area contributed by atoms with Crippen molar-refractivity contribution in [1.82, 2.24) is 24.7 Å². The van der Waals surface area contributed by atoms with Crippen LogP contribution in [-0.2, 0) is 11.2 Å². The Hall–Kier alpha value is -3.15. The van der Waals surface area contributed by atoms with Gasteiger partial charge in [-0.05, 0) is 50.6 Å². The molecule has 2 aromatic rings. The standard InChI is InChI=1S/C30H43ClN8O3/c1-3-25-30(42-24-11-15-39(20-24)26(40)8-12-31)35-29(27(34-25)28(32)41)33-21-4-6-22(7-5-21)37-13-9-23(10-14-37)38-18-16-36(2)17-19-38/h4-7,23-24H,3,8-20H2,1-2H3,(H2,32,41)(H,33,35)/t24-/m1/s1. The van der Waals surface area contributed by atoms with Gasteiger partial charge in [-0.2, -0.15) is 4.98 Å². The van der Waals surface area contributed by atoms with E-state index in [1.165, 1.54) is 18.5 Å². The highest BCUT2D eigenvalue weighted by atomic mass is 35.5. The minimum atomic E-state index is -0.662. The van der Waals surface area contributed by atoms with E-state index in [0.717, 1.165) is 45.0 Å². The second-order valence-corrected chi connectivity index (χ2v) is 11.8. The van der Waals surface area contributed by atoms with Crippen molar-refractivity contribution < 1.29 is 14.3 Å². The summed E-state index contributed by atoms with van der Waals surface area (Å²) in [5, 5.41) is 3.24. The number of aromatic nitrogens is 2. The number of halogens is 1.